The standard InChI is InChI=1S/C13H20O2S/c1-5-12(13(3,4)14)16(15)11-8-6-10(2)7-9-11/h6-9,12,14H,5H2,1-4H3/t12-,16?/m0/s1. The summed E-state index contributed by atoms with van der Waals surface area (Å²) in [5.41, 5.74) is 0.238. The molecule has 1 aromatic carbocycles. The molecule has 0 aliphatic carbocycles. The molecule has 1 unspecified atom stereocenters. The van der Waals surface area contributed by atoms with Crippen LogP contribution in [0.5, 0.6) is 0 Å². The lowest BCUT2D eigenvalue weighted by atomic mass is 10.0. The van der Waals surface area contributed by atoms with Crippen molar-refractivity contribution in [1.82, 2.24) is 0 Å². The van der Waals surface area contributed by atoms with Gasteiger partial charge in [0.1, 0.15) is 0 Å². The number of aliphatic hydroxyl groups is 1. The molecule has 0 radical (unpaired) electrons. The maximum atomic E-state index is 12.3. The van der Waals surface area contributed by atoms with Gasteiger partial charge in [-0.05, 0) is 39.3 Å². The van der Waals surface area contributed by atoms with Gasteiger partial charge in [-0.1, -0.05) is 24.6 Å². The molecule has 0 aliphatic rings. The van der Waals surface area contributed by atoms with Crippen molar-refractivity contribution < 1.29 is 9.32 Å². The van der Waals surface area contributed by atoms with Crippen molar-refractivity contribution in [2.75, 3.05) is 0 Å². The molecule has 0 amide bonds. The molecular weight excluding hydrogens is 220 g/mol. The number of rotatable bonds is 4. The molecule has 0 saturated heterocycles. The van der Waals surface area contributed by atoms with Gasteiger partial charge in [0, 0.05) is 4.90 Å². The fourth-order valence-electron chi connectivity index (χ4n) is 1.75. The average molecular weight is 240 g/mol. The summed E-state index contributed by atoms with van der Waals surface area (Å²) in [4.78, 5) is 0.791. The molecule has 1 N–H and O–H groups in total. The van der Waals surface area contributed by atoms with Gasteiger partial charge < -0.3 is 5.11 Å². The topological polar surface area (TPSA) is 37.3 Å². The lowest BCUT2D eigenvalue weighted by Gasteiger charge is -2.27. The van der Waals surface area contributed by atoms with Crippen LogP contribution in [0.25, 0.3) is 0 Å². The van der Waals surface area contributed by atoms with Crippen molar-refractivity contribution in [2.24, 2.45) is 0 Å². The SMILES string of the molecule is CC[C@H](S(=O)c1ccc(C)cc1)C(C)(C)O. The number of hydrogen-bond donors (Lipinski definition) is 1. The quantitative estimate of drug-likeness (QED) is 0.878. The summed E-state index contributed by atoms with van der Waals surface area (Å²) in [6.45, 7) is 7.38. The molecule has 3 heteroatoms. The summed E-state index contributed by atoms with van der Waals surface area (Å²) < 4.78 is 12.3. The molecule has 16 heavy (non-hydrogen) atoms. The van der Waals surface area contributed by atoms with Crippen LogP contribution in [0.3, 0.4) is 0 Å². The van der Waals surface area contributed by atoms with Crippen LogP contribution < -0.4 is 0 Å². The molecule has 0 heterocycles. The van der Waals surface area contributed by atoms with Gasteiger partial charge in [0.2, 0.25) is 0 Å². The Labute approximate surface area is 100 Å². The number of hydrogen-bond acceptors (Lipinski definition) is 2. The zero-order valence-electron chi connectivity index (χ0n) is 10.4. The highest BCUT2D eigenvalue weighted by Gasteiger charge is 2.31. The van der Waals surface area contributed by atoms with Gasteiger partial charge in [0.05, 0.1) is 21.7 Å². The van der Waals surface area contributed by atoms with Crippen LogP contribution in [-0.2, 0) is 10.8 Å². The Kier molecular flexibility index (Phi) is 4.28. The van der Waals surface area contributed by atoms with Crippen molar-refractivity contribution in [3.63, 3.8) is 0 Å². The lowest BCUT2D eigenvalue weighted by Crippen LogP contribution is -2.38. The zero-order chi connectivity index (χ0) is 12.3. The smallest absolute Gasteiger partial charge is 0.0738 e. The van der Waals surface area contributed by atoms with E-state index < -0.39 is 16.4 Å². The van der Waals surface area contributed by atoms with E-state index in [1.807, 2.05) is 38.1 Å². The molecule has 0 spiro atoms. The maximum Gasteiger partial charge on any atom is 0.0738 e. The van der Waals surface area contributed by atoms with Gasteiger partial charge in [0.15, 0.2) is 0 Å². The number of benzene rings is 1. The van der Waals surface area contributed by atoms with Crippen LogP contribution in [0, 0.1) is 6.92 Å². The molecule has 0 aliphatic heterocycles. The fourth-order valence-corrected chi connectivity index (χ4v) is 3.31. The van der Waals surface area contributed by atoms with E-state index in [4.69, 9.17) is 0 Å². The average Bonchev–Trinajstić information content (AvgIpc) is 2.17. The first kappa shape index (κ1) is 13.4. The van der Waals surface area contributed by atoms with Gasteiger partial charge in [-0.3, -0.25) is 4.21 Å². The Bertz CT molecular complexity index is 363. The van der Waals surface area contributed by atoms with E-state index in [1.54, 1.807) is 13.8 Å². The summed E-state index contributed by atoms with van der Waals surface area (Å²) in [5.74, 6) is 0. The second-order valence-corrected chi connectivity index (χ2v) is 6.30. The third-order valence-corrected chi connectivity index (χ3v) is 4.83. The van der Waals surface area contributed by atoms with Crippen molar-refractivity contribution >= 4 is 10.8 Å². The Balaban J connectivity index is 2.96. The van der Waals surface area contributed by atoms with E-state index in [1.165, 1.54) is 0 Å². The Morgan fingerprint density at radius 1 is 1.31 bits per heavy atom. The monoisotopic (exact) mass is 240 g/mol. The van der Waals surface area contributed by atoms with E-state index in [0.717, 1.165) is 10.5 Å². The number of aryl methyl sites for hydroxylation is 1. The minimum absolute atomic E-state index is 0.227. The Morgan fingerprint density at radius 2 is 1.81 bits per heavy atom. The summed E-state index contributed by atoms with van der Waals surface area (Å²) in [5, 5.41) is 9.74. The molecule has 2 nitrogen and oxygen atoms in total. The van der Waals surface area contributed by atoms with E-state index in [0.29, 0.717) is 6.42 Å². The Hall–Kier alpha value is -0.670. The molecule has 1 aromatic rings. The lowest BCUT2D eigenvalue weighted by molar-refractivity contribution is 0.0752. The van der Waals surface area contributed by atoms with Gasteiger partial charge >= 0.3 is 0 Å². The van der Waals surface area contributed by atoms with E-state index in [-0.39, 0.29) is 5.25 Å². The van der Waals surface area contributed by atoms with Gasteiger partial charge in [-0.25, -0.2) is 0 Å². The third-order valence-electron chi connectivity index (χ3n) is 2.67. The first-order chi connectivity index (χ1) is 7.36. The highest BCUT2D eigenvalue weighted by atomic mass is 32.2. The summed E-state index contributed by atoms with van der Waals surface area (Å²) >= 11 is 0. The van der Waals surface area contributed by atoms with Crippen LogP contribution >= 0.6 is 0 Å². The molecule has 90 valence electrons. The zero-order valence-corrected chi connectivity index (χ0v) is 11.2. The second-order valence-electron chi connectivity index (χ2n) is 4.66. The minimum Gasteiger partial charge on any atom is -0.389 e. The van der Waals surface area contributed by atoms with Crippen LogP contribution in [0.15, 0.2) is 29.2 Å². The molecule has 0 saturated carbocycles. The van der Waals surface area contributed by atoms with Crippen molar-refractivity contribution in [2.45, 2.75) is 49.9 Å². The highest BCUT2D eigenvalue weighted by molar-refractivity contribution is 7.85. The highest BCUT2D eigenvalue weighted by Crippen LogP contribution is 2.23. The van der Waals surface area contributed by atoms with Crippen molar-refractivity contribution in [3.8, 4) is 0 Å². The maximum absolute atomic E-state index is 12.3. The van der Waals surface area contributed by atoms with Crippen LogP contribution in [0.4, 0.5) is 0 Å². The van der Waals surface area contributed by atoms with Crippen molar-refractivity contribution in [3.05, 3.63) is 29.8 Å². The third kappa shape index (κ3) is 3.16. The first-order valence-corrected chi connectivity index (χ1v) is 6.77. The molecular formula is C13H20O2S. The predicted molar refractivity (Wildman–Crippen MR) is 68.0 cm³/mol. The second kappa shape index (κ2) is 5.11. The van der Waals surface area contributed by atoms with E-state index >= 15 is 0 Å². The predicted octanol–water partition coefficient (Wildman–Crippen LogP) is 2.65. The molecule has 0 bridgehead atoms. The molecule has 0 fully saturated rings. The molecule has 0 aromatic heterocycles. The minimum atomic E-state index is -1.15. The molecule has 2 atom stereocenters. The van der Waals surface area contributed by atoms with Gasteiger partial charge in [0.25, 0.3) is 0 Å². The summed E-state index contributed by atoms with van der Waals surface area (Å²) in [6, 6.07) is 7.65. The van der Waals surface area contributed by atoms with E-state index in [9.17, 15) is 9.32 Å². The van der Waals surface area contributed by atoms with Crippen molar-refractivity contribution in [1.29, 1.82) is 0 Å². The largest absolute Gasteiger partial charge is 0.389 e. The van der Waals surface area contributed by atoms with Crippen LogP contribution in [-0.4, -0.2) is 20.2 Å². The summed E-state index contributed by atoms with van der Waals surface area (Å²) in [6.07, 6.45) is 0.698. The first-order valence-electron chi connectivity index (χ1n) is 5.56. The van der Waals surface area contributed by atoms with Crippen LogP contribution in [0.2, 0.25) is 0 Å². The van der Waals surface area contributed by atoms with Gasteiger partial charge in [-0.15, -0.1) is 0 Å². The van der Waals surface area contributed by atoms with E-state index in [2.05, 4.69) is 0 Å². The van der Waals surface area contributed by atoms with Gasteiger partial charge in [-0.2, -0.15) is 0 Å². The van der Waals surface area contributed by atoms with Crippen LogP contribution in [0.1, 0.15) is 32.8 Å². The Morgan fingerprint density at radius 3 is 2.19 bits per heavy atom. The summed E-state index contributed by atoms with van der Waals surface area (Å²) in [7, 11) is -1.15. The fraction of sp³-hybridized carbons (Fsp3) is 0.538. The normalized spacial score (nSPS) is 15.8. The molecule has 1 rings (SSSR count).